The molecule has 1 saturated heterocycles. The lowest BCUT2D eigenvalue weighted by molar-refractivity contribution is 0.0661. The number of aromatic nitrogens is 6. The van der Waals surface area contributed by atoms with Gasteiger partial charge in [-0.25, -0.2) is 4.68 Å². The molecule has 1 unspecified atom stereocenters. The summed E-state index contributed by atoms with van der Waals surface area (Å²) in [6, 6.07) is 0.376. The second kappa shape index (κ2) is 7.38. The van der Waals surface area contributed by atoms with Gasteiger partial charge in [-0.1, -0.05) is 26.7 Å². The fourth-order valence-electron chi connectivity index (χ4n) is 4.82. The van der Waals surface area contributed by atoms with E-state index in [1.165, 1.54) is 12.8 Å². The van der Waals surface area contributed by atoms with Crippen molar-refractivity contribution in [1.29, 1.82) is 0 Å². The first-order chi connectivity index (χ1) is 13.2. The third-order valence-corrected chi connectivity index (χ3v) is 6.23. The number of carbonyl (C=O) groups is 1. The van der Waals surface area contributed by atoms with Crippen LogP contribution in [0.2, 0.25) is 0 Å². The maximum Gasteiger partial charge on any atom is 0.257 e. The normalized spacial score (nSPS) is 23.6. The van der Waals surface area contributed by atoms with E-state index in [9.17, 15) is 4.79 Å². The molecule has 1 amide bonds. The van der Waals surface area contributed by atoms with E-state index in [1.807, 2.05) is 4.90 Å². The molecule has 4 rings (SSSR count). The molecule has 1 atom stereocenters. The third kappa shape index (κ3) is 3.03. The van der Waals surface area contributed by atoms with Crippen LogP contribution < -0.4 is 0 Å². The number of aromatic amines is 1. The topological polar surface area (TPSA) is 95.8 Å². The lowest BCUT2D eigenvalue weighted by Crippen LogP contribution is -2.50. The monoisotopic (exact) mass is 372 g/mol. The van der Waals surface area contributed by atoms with Crippen molar-refractivity contribution in [2.24, 2.45) is 0 Å². The Morgan fingerprint density at radius 3 is 2.78 bits per heavy atom. The summed E-state index contributed by atoms with van der Waals surface area (Å²) in [5, 5.41) is 19.6. The van der Waals surface area contributed by atoms with Gasteiger partial charge in [-0.3, -0.25) is 14.8 Å². The van der Waals surface area contributed by atoms with Crippen molar-refractivity contribution in [2.45, 2.75) is 57.5 Å². The van der Waals surface area contributed by atoms with Crippen LogP contribution >= 0.6 is 0 Å². The van der Waals surface area contributed by atoms with E-state index >= 15 is 0 Å². The van der Waals surface area contributed by atoms with E-state index < -0.39 is 0 Å². The van der Waals surface area contributed by atoms with Gasteiger partial charge in [0.1, 0.15) is 5.54 Å². The van der Waals surface area contributed by atoms with Gasteiger partial charge in [0, 0.05) is 19.3 Å². The van der Waals surface area contributed by atoms with Gasteiger partial charge in [0.05, 0.1) is 17.8 Å². The second-order valence-electron chi connectivity index (χ2n) is 7.55. The molecule has 2 aromatic heterocycles. The summed E-state index contributed by atoms with van der Waals surface area (Å²) in [7, 11) is 0. The number of H-pyrrole nitrogens is 1. The fourth-order valence-corrected chi connectivity index (χ4v) is 4.82. The molecule has 1 saturated carbocycles. The predicted octanol–water partition coefficient (Wildman–Crippen LogP) is 1.59. The first-order valence-corrected chi connectivity index (χ1v) is 10.0. The number of rotatable bonds is 6. The summed E-state index contributed by atoms with van der Waals surface area (Å²) in [4.78, 5) is 17.2. The molecule has 2 aliphatic rings. The SMILES string of the molecule is CCN(CC)C1(c2nnnn2C2CCCC2)CCN(C(=O)c2cn[nH]c2)C1. The van der Waals surface area contributed by atoms with Crippen LogP contribution in [0, 0.1) is 0 Å². The Morgan fingerprint density at radius 1 is 1.33 bits per heavy atom. The van der Waals surface area contributed by atoms with Gasteiger partial charge in [-0.2, -0.15) is 5.10 Å². The summed E-state index contributed by atoms with van der Waals surface area (Å²) in [5.41, 5.74) is 0.260. The van der Waals surface area contributed by atoms with E-state index in [2.05, 4.69) is 49.2 Å². The smallest absolute Gasteiger partial charge is 0.257 e. The maximum atomic E-state index is 12.9. The van der Waals surface area contributed by atoms with Crippen LogP contribution in [0.15, 0.2) is 12.4 Å². The highest BCUT2D eigenvalue weighted by Gasteiger charge is 2.49. The van der Waals surface area contributed by atoms with Crippen LogP contribution in [-0.4, -0.2) is 72.3 Å². The first-order valence-electron chi connectivity index (χ1n) is 10.0. The molecule has 0 bridgehead atoms. The second-order valence-corrected chi connectivity index (χ2v) is 7.55. The van der Waals surface area contributed by atoms with Crippen LogP contribution in [0.1, 0.15) is 68.2 Å². The number of nitrogens with zero attached hydrogens (tertiary/aromatic N) is 7. The average Bonchev–Trinajstić information content (AvgIpc) is 3.49. The van der Waals surface area contributed by atoms with Crippen molar-refractivity contribution in [3.8, 4) is 0 Å². The van der Waals surface area contributed by atoms with Crippen LogP contribution in [0.5, 0.6) is 0 Å². The number of amides is 1. The molecule has 1 N–H and O–H groups in total. The van der Waals surface area contributed by atoms with E-state index in [0.29, 0.717) is 24.7 Å². The summed E-state index contributed by atoms with van der Waals surface area (Å²) >= 11 is 0. The van der Waals surface area contributed by atoms with Crippen molar-refractivity contribution >= 4 is 5.91 Å². The summed E-state index contributed by atoms with van der Waals surface area (Å²) < 4.78 is 2.05. The lowest BCUT2D eigenvalue weighted by atomic mass is 9.94. The summed E-state index contributed by atoms with van der Waals surface area (Å²) in [6.07, 6.45) is 8.80. The highest BCUT2D eigenvalue weighted by molar-refractivity contribution is 5.94. The number of hydrogen-bond acceptors (Lipinski definition) is 6. The number of nitrogens with one attached hydrogen (secondary N) is 1. The van der Waals surface area contributed by atoms with Gasteiger partial charge in [-0.15, -0.1) is 5.10 Å². The molecule has 9 heteroatoms. The third-order valence-electron chi connectivity index (χ3n) is 6.23. The number of hydrogen-bond donors (Lipinski definition) is 1. The van der Waals surface area contributed by atoms with Gasteiger partial charge >= 0.3 is 0 Å². The Kier molecular flexibility index (Phi) is 4.94. The van der Waals surface area contributed by atoms with Gasteiger partial charge in [0.25, 0.3) is 5.91 Å². The molecule has 27 heavy (non-hydrogen) atoms. The molecule has 1 aliphatic heterocycles. The summed E-state index contributed by atoms with van der Waals surface area (Å²) in [6.45, 7) is 7.40. The van der Waals surface area contributed by atoms with Crippen LogP contribution in [0.25, 0.3) is 0 Å². The molecule has 146 valence electrons. The number of likely N-dealkylation sites (N-methyl/N-ethyl adjacent to an activating group) is 1. The Bertz CT molecular complexity index is 762. The van der Waals surface area contributed by atoms with E-state index in [4.69, 9.17) is 0 Å². The average molecular weight is 372 g/mol. The fraction of sp³-hybridized carbons (Fsp3) is 0.722. The van der Waals surface area contributed by atoms with Crippen molar-refractivity contribution in [3.63, 3.8) is 0 Å². The van der Waals surface area contributed by atoms with E-state index in [0.717, 1.165) is 38.2 Å². The summed E-state index contributed by atoms with van der Waals surface area (Å²) in [5.74, 6) is 0.929. The molecular formula is C18H28N8O. The minimum absolute atomic E-state index is 0.0117. The molecule has 9 nitrogen and oxygen atoms in total. The Balaban J connectivity index is 1.68. The van der Waals surface area contributed by atoms with Crippen molar-refractivity contribution in [1.82, 2.24) is 40.2 Å². The number of tetrazole rings is 1. The minimum Gasteiger partial charge on any atom is -0.336 e. The zero-order chi connectivity index (χ0) is 18.9. The molecule has 2 aromatic rings. The van der Waals surface area contributed by atoms with E-state index in [-0.39, 0.29) is 11.4 Å². The van der Waals surface area contributed by atoms with Crippen LogP contribution in [0.3, 0.4) is 0 Å². The Morgan fingerprint density at radius 2 is 2.11 bits per heavy atom. The zero-order valence-electron chi connectivity index (χ0n) is 16.1. The van der Waals surface area contributed by atoms with Gasteiger partial charge in [-0.05, 0) is 42.8 Å². The molecule has 1 aliphatic carbocycles. The lowest BCUT2D eigenvalue weighted by Gasteiger charge is -2.39. The highest BCUT2D eigenvalue weighted by atomic mass is 16.2. The standard InChI is InChI=1S/C18H28N8O/c1-3-25(4-2)18(17-21-22-23-26(17)15-7-5-6-8-15)9-10-24(13-18)16(27)14-11-19-20-12-14/h11-12,15H,3-10,13H2,1-2H3,(H,19,20). The molecule has 0 spiro atoms. The van der Waals surface area contributed by atoms with Gasteiger partial charge < -0.3 is 4.90 Å². The number of likely N-dealkylation sites (tertiary alicyclic amines) is 1. The zero-order valence-corrected chi connectivity index (χ0v) is 16.1. The van der Waals surface area contributed by atoms with Crippen molar-refractivity contribution < 1.29 is 4.79 Å². The first kappa shape index (κ1) is 18.1. The van der Waals surface area contributed by atoms with Crippen LogP contribution in [0.4, 0.5) is 0 Å². The van der Waals surface area contributed by atoms with Crippen molar-refractivity contribution in [3.05, 3.63) is 23.8 Å². The largest absolute Gasteiger partial charge is 0.336 e. The predicted molar refractivity (Wildman–Crippen MR) is 99.0 cm³/mol. The molecule has 3 heterocycles. The number of carbonyl (C=O) groups excluding carboxylic acids is 1. The van der Waals surface area contributed by atoms with Gasteiger partial charge in [0.15, 0.2) is 5.82 Å². The molecular weight excluding hydrogens is 344 g/mol. The quantitative estimate of drug-likeness (QED) is 0.827. The molecule has 2 fully saturated rings. The Hall–Kier alpha value is -2.29. The maximum absolute atomic E-state index is 12.9. The van der Waals surface area contributed by atoms with E-state index in [1.54, 1.807) is 12.4 Å². The molecule has 0 radical (unpaired) electrons. The highest BCUT2D eigenvalue weighted by Crippen LogP contribution is 2.40. The van der Waals surface area contributed by atoms with Gasteiger partial charge in [0.2, 0.25) is 0 Å². The minimum atomic E-state index is -0.338. The molecule has 0 aromatic carbocycles. The Labute approximate surface area is 159 Å². The van der Waals surface area contributed by atoms with Crippen LogP contribution in [-0.2, 0) is 5.54 Å². The van der Waals surface area contributed by atoms with Crippen molar-refractivity contribution in [2.75, 3.05) is 26.2 Å².